The summed E-state index contributed by atoms with van der Waals surface area (Å²) in [5, 5.41) is 8.74. The molecule has 0 N–H and O–H groups in total. The van der Waals surface area contributed by atoms with Crippen LogP contribution in [0.3, 0.4) is 0 Å². The summed E-state index contributed by atoms with van der Waals surface area (Å²) in [6.07, 6.45) is -0.0616. The maximum atomic E-state index is 6.05. The highest BCUT2D eigenvalue weighted by Gasteiger charge is 2.24. The molecule has 146 valence electrons. The number of benzene rings is 2. The zero-order valence-corrected chi connectivity index (χ0v) is 16.0. The highest BCUT2D eigenvalue weighted by atomic mass is 16.5. The van der Waals surface area contributed by atoms with Crippen LogP contribution in [-0.4, -0.2) is 26.5 Å². The summed E-state index contributed by atoms with van der Waals surface area (Å²) < 4.78 is 18.9. The van der Waals surface area contributed by atoms with Gasteiger partial charge in [0.1, 0.15) is 11.9 Å². The molecule has 0 aliphatic carbocycles. The molecule has 1 atom stereocenters. The minimum absolute atomic E-state index is 0.0616. The molecule has 5 rings (SSSR count). The van der Waals surface area contributed by atoms with E-state index in [1.54, 1.807) is 0 Å². The first-order valence-electron chi connectivity index (χ1n) is 9.61. The Hall–Kier alpha value is -3.45. The van der Waals surface area contributed by atoms with E-state index in [9.17, 15) is 0 Å². The van der Waals surface area contributed by atoms with Crippen LogP contribution in [0.4, 0.5) is 0 Å². The maximum Gasteiger partial charge on any atom is 0.278 e. The fourth-order valence-electron chi connectivity index (χ4n) is 3.41. The SMILES string of the molecule is CCOc1ccc(C2Cn3nc(-c4nc(-c5ccccc5)no4)cc3CO2)cc1. The molecule has 0 fully saturated rings. The normalized spacial score (nSPS) is 15.8. The largest absolute Gasteiger partial charge is 0.494 e. The lowest BCUT2D eigenvalue weighted by Crippen LogP contribution is -2.21. The zero-order chi connectivity index (χ0) is 19.6. The average molecular weight is 388 g/mol. The van der Waals surface area contributed by atoms with Crippen LogP contribution in [0.15, 0.2) is 65.2 Å². The van der Waals surface area contributed by atoms with Crippen LogP contribution in [-0.2, 0) is 17.9 Å². The second kappa shape index (κ2) is 7.52. The molecule has 1 aliphatic heterocycles. The van der Waals surface area contributed by atoms with Gasteiger partial charge in [0.15, 0.2) is 5.69 Å². The first-order valence-corrected chi connectivity index (χ1v) is 9.61. The van der Waals surface area contributed by atoms with Gasteiger partial charge in [-0.05, 0) is 30.7 Å². The maximum absolute atomic E-state index is 6.05. The molecule has 4 aromatic rings. The Morgan fingerprint density at radius 1 is 1.10 bits per heavy atom. The Kier molecular flexibility index (Phi) is 4.57. The molecule has 0 radical (unpaired) electrons. The van der Waals surface area contributed by atoms with E-state index in [1.165, 1.54) is 0 Å². The van der Waals surface area contributed by atoms with Crippen LogP contribution < -0.4 is 4.74 Å². The zero-order valence-electron chi connectivity index (χ0n) is 16.0. The van der Waals surface area contributed by atoms with Gasteiger partial charge in [0, 0.05) is 5.56 Å². The van der Waals surface area contributed by atoms with E-state index in [1.807, 2.05) is 72.3 Å². The molecule has 3 heterocycles. The quantitative estimate of drug-likeness (QED) is 0.508. The molecule has 1 unspecified atom stereocenters. The van der Waals surface area contributed by atoms with Gasteiger partial charge in [0.05, 0.1) is 25.5 Å². The molecule has 0 saturated heterocycles. The third-order valence-corrected chi connectivity index (χ3v) is 4.87. The Morgan fingerprint density at radius 2 is 1.93 bits per heavy atom. The van der Waals surface area contributed by atoms with Gasteiger partial charge < -0.3 is 14.0 Å². The summed E-state index contributed by atoms with van der Waals surface area (Å²) >= 11 is 0. The van der Waals surface area contributed by atoms with E-state index >= 15 is 0 Å². The first kappa shape index (κ1) is 17.6. The molecule has 2 aromatic heterocycles. The molecular weight excluding hydrogens is 368 g/mol. The summed E-state index contributed by atoms with van der Waals surface area (Å²) in [6.45, 7) is 3.73. The standard InChI is InChI=1S/C22H20N4O3/c1-2-27-18-10-8-15(9-11-18)20-13-26-17(14-28-20)12-19(24-26)22-23-21(25-29-22)16-6-4-3-5-7-16/h3-12,20H,2,13-14H2,1H3. The van der Waals surface area contributed by atoms with Crippen molar-refractivity contribution < 1.29 is 14.0 Å². The number of hydrogen-bond acceptors (Lipinski definition) is 6. The summed E-state index contributed by atoms with van der Waals surface area (Å²) in [7, 11) is 0. The average Bonchev–Trinajstić information content (AvgIpc) is 3.42. The van der Waals surface area contributed by atoms with Gasteiger partial charge in [-0.1, -0.05) is 47.6 Å². The van der Waals surface area contributed by atoms with Crippen molar-refractivity contribution in [2.24, 2.45) is 0 Å². The predicted octanol–water partition coefficient (Wildman–Crippen LogP) is 4.27. The summed E-state index contributed by atoms with van der Waals surface area (Å²) in [5.41, 5.74) is 3.65. The minimum Gasteiger partial charge on any atom is -0.494 e. The lowest BCUT2D eigenvalue weighted by atomic mass is 10.1. The van der Waals surface area contributed by atoms with Crippen LogP contribution in [0.5, 0.6) is 5.75 Å². The Morgan fingerprint density at radius 3 is 2.72 bits per heavy atom. The molecule has 0 bridgehead atoms. The molecule has 7 heteroatoms. The second-order valence-electron chi connectivity index (χ2n) is 6.79. The number of ether oxygens (including phenoxy) is 2. The molecule has 0 spiro atoms. The van der Waals surface area contributed by atoms with Gasteiger partial charge >= 0.3 is 0 Å². The number of rotatable bonds is 5. The van der Waals surface area contributed by atoms with Crippen molar-refractivity contribution >= 4 is 0 Å². The van der Waals surface area contributed by atoms with Gasteiger partial charge in [-0.15, -0.1) is 0 Å². The first-order chi connectivity index (χ1) is 14.3. The van der Waals surface area contributed by atoms with Gasteiger partial charge in [-0.3, -0.25) is 4.68 Å². The van der Waals surface area contributed by atoms with Gasteiger partial charge in [-0.2, -0.15) is 10.1 Å². The highest BCUT2D eigenvalue weighted by Crippen LogP contribution is 2.30. The van der Waals surface area contributed by atoms with Crippen molar-refractivity contribution in [3.05, 3.63) is 71.9 Å². The van der Waals surface area contributed by atoms with E-state index in [4.69, 9.17) is 14.0 Å². The van der Waals surface area contributed by atoms with Crippen molar-refractivity contribution in [3.63, 3.8) is 0 Å². The predicted molar refractivity (Wildman–Crippen MR) is 106 cm³/mol. The van der Waals surface area contributed by atoms with Crippen LogP contribution in [0.1, 0.15) is 24.3 Å². The number of aromatic nitrogens is 4. The third kappa shape index (κ3) is 3.52. The molecule has 7 nitrogen and oxygen atoms in total. The monoisotopic (exact) mass is 388 g/mol. The van der Waals surface area contributed by atoms with Crippen LogP contribution >= 0.6 is 0 Å². The molecule has 0 saturated carbocycles. The molecule has 29 heavy (non-hydrogen) atoms. The lowest BCUT2D eigenvalue weighted by molar-refractivity contribution is -0.00115. The minimum atomic E-state index is -0.0616. The topological polar surface area (TPSA) is 75.2 Å². The van der Waals surface area contributed by atoms with Crippen molar-refractivity contribution in [1.82, 2.24) is 19.9 Å². The molecular formula is C22H20N4O3. The summed E-state index contributed by atoms with van der Waals surface area (Å²) in [4.78, 5) is 4.49. The number of fused-ring (bicyclic) bond motifs is 1. The number of hydrogen-bond donors (Lipinski definition) is 0. The van der Waals surface area contributed by atoms with Crippen molar-refractivity contribution in [2.45, 2.75) is 26.2 Å². The smallest absolute Gasteiger partial charge is 0.278 e. The fraction of sp³-hybridized carbons (Fsp3) is 0.227. The van der Waals surface area contributed by atoms with Gasteiger partial charge in [0.25, 0.3) is 5.89 Å². The van der Waals surface area contributed by atoms with E-state index in [-0.39, 0.29) is 6.10 Å². The van der Waals surface area contributed by atoms with E-state index < -0.39 is 0 Å². The van der Waals surface area contributed by atoms with Crippen LogP contribution in [0, 0.1) is 0 Å². The summed E-state index contributed by atoms with van der Waals surface area (Å²) in [6, 6.07) is 19.7. The lowest BCUT2D eigenvalue weighted by Gasteiger charge is -2.24. The third-order valence-electron chi connectivity index (χ3n) is 4.87. The van der Waals surface area contributed by atoms with E-state index in [2.05, 4.69) is 15.2 Å². The molecule has 0 amide bonds. The fourth-order valence-corrected chi connectivity index (χ4v) is 3.41. The van der Waals surface area contributed by atoms with Crippen molar-refractivity contribution in [1.29, 1.82) is 0 Å². The Labute approximate surface area is 167 Å². The van der Waals surface area contributed by atoms with E-state index in [0.29, 0.717) is 37.2 Å². The van der Waals surface area contributed by atoms with Crippen molar-refractivity contribution in [3.8, 4) is 28.7 Å². The highest BCUT2D eigenvalue weighted by molar-refractivity contribution is 5.57. The van der Waals surface area contributed by atoms with Crippen LogP contribution in [0.2, 0.25) is 0 Å². The number of nitrogens with zero attached hydrogens (tertiary/aromatic N) is 4. The molecule has 2 aromatic carbocycles. The van der Waals surface area contributed by atoms with Gasteiger partial charge in [0.2, 0.25) is 5.82 Å². The van der Waals surface area contributed by atoms with Crippen LogP contribution in [0.25, 0.3) is 23.0 Å². The second-order valence-corrected chi connectivity index (χ2v) is 6.79. The Bertz CT molecular complexity index is 1100. The van der Waals surface area contributed by atoms with Gasteiger partial charge in [-0.25, -0.2) is 0 Å². The Balaban J connectivity index is 1.35. The summed E-state index contributed by atoms with van der Waals surface area (Å²) in [5.74, 6) is 1.82. The van der Waals surface area contributed by atoms with Crippen molar-refractivity contribution in [2.75, 3.05) is 6.61 Å². The van der Waals surface area contributed by atoms with E-state index in [0.717, 1.165) is 22.6 Å². The molecule has 1 aliphatic rings.